The van der Waals surface area contributed by atoms with Gasteiger partial charge in [-0.05, 0) is 97.8 Å². The summed E-state index contributed by atoms with van der Waals surface area (Å²) in [6.45, 7) is 5.88. The standard InChI is InChI=1S/C44H46N12O4.4ClH/c57-37(53-33-9-5-27(6-10-33)43(59)55-35-23-29(39-45-13-14-46-39)21-30(24-35)40-47-15-16-48-40)3-1-2-4-38(58)54-34-11-7-28(8-12-34)44(60)56-36-25-31(41-49-17-18-50-41)22-32(26-36)42-51-19-20-52-42;;;;/h5-12,21-26H,1-4,13-20H2,(H,45,46)(H,47,48)(H,49,50)(H,51,52)(H,53,57)(H,54,58)(H,55,59)(H,56,60);4*1H. The average Bonchev–Trinajstić information content (AvgIpc) is 4.11. The summed E-state index contributed by atoms with van der Waals surface area (Å²) in [5.41, 5.74) is 6.75. The SMILES string of the molecule is Cl.Cl.Cl.Cl.O=C(CCCCC(=O)Nc1ccc(C(=O)Nc2cc(C3=NCCN3)cc(C3=NCCN3)c2)cc1)Nc1ccc(C(=O)Nc2cc(C3=NCCN3)cc(C3=NCCN3)c2)cc1. The summed E-state index contributed by atoms with van der Waals surface area (Å²) in [7, 11) is 0. The first kappa shape index (κ1) is 50.4. The molecule has 20 heteroatoms. The molecule has 0 aromatic heterocycles. The molecule has 0 atom stereocenters. The van der Waals surface area contributed by atoms with Crippen LogP contribution in [0.1, 0.15) is 68.7 Å². The highest BCUT2D eigenvalue weighted by molar-refractivity contribution is 6.11. The van der Waals surface area contributed by atoms with Crippen molar-refractivity contribution in [2.24, 2.45) is 20.0 Å². The van der Waals surface area contributed by atoms with E-state index in [0.717, 1.165) is 71.8 Å². The van der Waals surface area contributed by atoms with Crippen LogP contribution in [0, 0.1) is 0 Å². The van der Waals surface area contributed by atoms with Gasteiger partial charge in [-0.2, -0.15) is 0 Å². The molecule has 4 aromatic rings. The molecular weight excluding hydrogens is 902 g/mol. The lowest BCUT2D eigenvalue weighted by Gasteiger charge is -2.12. The second-order valence-electron chi connectivity index (χ2n) is 14.6. The molecule has 0 aliphatic carbocycles. The zero-order valence-corrected chi connectivity index (χ0v) is 37.9. The highest BCUT2D eigenvalue weighted by Gasteiger charge is 2.19. The van der Waals surface area contributed by atoms with Crippen molar-refractivity contribution in [1.82, 2.24) is 21.3 Å². The summed E-state index contributed by atoms with van der Waals surface area (Å²) in [5, 5.41) is 24.8. The van der Waals surface area contributed by atoms with Crippen LogP contribution in [0.25, 0.3) is 0 Å². The molecule has 4 amide bonds. The lowest BCUT2D eigenvalue weighted by atomic mass is 10.1. The molecule has 4 aliphatic heterocycles. The maximum Gasteiger partial charge on any atom is 0.255 e. The van der Waals surface area contributed by atoms with Gasteiger partial charge in [0.15, 0.2) is 0 Å². The van der Waals surface area contributed by atoms with Crippen molar-refractivity contribution >= 4 is 119 Å². The zero-order chi connectivity index (χ0) is 41.3. The van der Waals surface area contributed by atoms with Crippen LogP contribution < -0.4 is 42.5 Å². The summed E-state index contributed by atoms with van der Waals surface area (Å²) in [6.07, 6.45) is 1.49. The number of amides is 4. The molecule has 64 heavy (non-hydrogen) atoms. The number of anilines is 4. The van der Waals surface area contributed by atoms with Crippen LogP contribution in [0.2, 0.25) is 0 Å². The van der Waals surface area contributed by atoms with E-state index in [1.165, 1.54) is 0 Å². The minimum atomic E-state index is -0.286. The number of hydrogen-bond acceptors (Lipinski definition) is 12. The Morgan fingerprint density at radius 3 is 0.969 bits per heavy atom. The number of hydrogen-bond donors (Lipinski definition) is 8. The summed E-state index contributed by atoms with van der Waals surface area (Å²) in [4.78, 5) is 69.9. The maximum absolute atomic E-state index is 13.2. The van der Waals surface area contributed by atoms with Gasteiger partial charge < -0.3 is 42.5 Å². The molecule has 0 radical (unpaired) electrons. The van der Waals surface area contributed by atoms with Crippen molar-refractivity contribution in [2.45, 2.75) is 25.7 Å². The number of carbonyl (C=O) groups excluding carboxylic acids is 4. The van der Waals surface area contributed by atoms with E-state index in [4.69, 9.17) is 0 Å². The Morgan fingerprint density at radius 2 is 0.703 bits per heavy atom. The maximum atomic E-state index is 13.2. The Balaban J connectivity index is 0.00000224. The molecule has 0 bridgehead atoms. The number of benzene rings is 4. The van der Waals surface area contributed by atoms with E-state index in [0.29, 0.717) is 72.9 Å². The fraction of sp³-hybridized carbons (Fsp3) is 0.273. The van der Waals surface area contributed by atoms with Gasteiger partial charge in [0.1, 0.15) is 23.3 Å². The first-order chi connectivity index (χ1) is 29.3. The van der Waals surface area contributed by atoms with E-state index >= 15 is 0 Å². The number of amidine groups is 4. The highest BCUT2D eigenvalue weighted by atomic mass is 35.5. The van der Waals surface area contributed by atoms with Crippen LogP contribution in [0.4, 0.5) is 22.7 Å². The second-order valence-corrected chi connectivity index (χ2v) is 14.6. The molecule has 0 unspecified atom stereocenters. The molecule has 0 saturated carbocycles. The van der Waals surface area contributed by atoms with Crippen LogP contribution >= 0.6 is 49.6 Å². The summed E-state index contributed by atoms with van der Waals surface area (Å²) >= 11 is 0. The van der Waals surface area contributed by atoms with E-state index in [9.17, 15) is 19.2 Å². The quantitative estimate of drug-likeness (QED) is 0.0720. The minimum Gasteiger partial charge on any atom is -0.368 e. The Kier molecular flexibility index (Phi) is 18.9. The Hall–Kier alpha value is -6.20. The Morgan fingerprint density at radius 1 is 0.406 bits per heavy atom. The number of rotatable bonds is 15. The van der Waals surface area contributed by atoms with Gasteiger partial charge in [-0.1, -0.05) is 0 Å². The first-order valence-corrected chi connectivity index (χ1v) is 20.2. The van der Waals surface area contributed by atoms with Gasteiger partial charge in [-0.25, -0.2) is 0 Å². The molecule has 4 aromatic carbocycles. The van der Waals surface area contributed by atoms with Crippen molar-refractivity contribution in [2.75, 3.05) is 73.6 Å². The molecular formula is C44H50Cl4N12O4. The van der Waals surface area contributed by atoms with Crippen LogP contribution in [0.3, 0.4) is 0 Å². The molecule has 8 rings (SSSR count). The fourth-order valence-corrected chi connectivity index (χ4v) is 7.15. The Bertz CT molecular complexity index is 2190. The van der Waals surface area contributed by atoms with E-state index in [2.05, 4.69) is 62.5 Å². The van der Waals surface area contributed by atoms with Gasteiger partial charge in [-0.15, -0.1) is 49.6 Å². The smallest absolute Gasteiger partial charge is 0.255 e. The molecule has 0 fully saturated rings. The summed E-state index contributed by atoms with van der Waals surface area (Å²) in [6, 6.07) is 25.0. The van der Waals surface area contributed by atoms with E-state index in [1.54, 1.807) is 48.5 Å². The van der Waals surface area contributed by atoms with Crippen molar-refractivity contribution in [3.05, 3.63) is 118 Å². The van der Waals surface area contributed by atoms with E-state index in [-0.39, 0.29) is 86.1 Å². The second kappa shape index (κ2) is 24.0. The summed E-state index contributed by atoms with van der Waals surface area (Å²) < 4.78 is 0. The number of nitrogens with zero attached hydrogens (tertiary/aromatic N) is 4. The number of unbranched alkanes of at least 4 members (excludes halogenated alkanes) is 1. The van der Waals surface area contributed by atoms with Gasteiger partial charge in [0, 0.05) is 95.2 Å². The number of halogens is 4. The largest absolute Gasteiger partial charge is 0.368 e. The zero-order valence-electron chi connectivity index (χ0n) is 34.6. The summed E-state index contributed by atoms with van der Waals surface area (Å²) in [5.74, 6) is 2.20. The third-order valence-corrected chi connectivity index (χ3v) is 10.1. The molecule has 338 valence electrons. The minimum absolute atomic E-state index is 0. The molecule has 0 saturated heterocycles. The number of aliphatic imine (C=N–C) groups is 4. The third-order valence-electron chi connectivity index (χ3n) is 10.1. The molecule has 0 spiro atoms. The van der Waals surface area contributed by atoms with Crippen molar-refractivity contribution in [1.29, 1.82) is 0 Å². The average molecular weight is 953 g/mol. The molecule has 16 nitrogen and oxygen atoms in total. The van der Waals surface area contributed by atoms with Gasteiger partial charge in [0.25, 0.3) is 11.8 Å². The van der Waals surface area contributed by atoms with E-state index < -0.39 is 0 Å². The molecule has 8 N–H and O–H groups in total. The lowest BCUT2D eigenvalue weighted by Crippen LogP contribution is -2.23. The van der Waals surface area contributed by atoms with Gasteiger partial charge >= 0.3 is 0 Å². The van der Waals surface area contributed by atoms with Gasteiger partial charge in [-0.3, -0.25) is 39.1 Å². The van der Waals surface area contributed by atoms with E-state index in [1.807, 2.05) is 36.4 Å². The van der Waals surface area contributed by atoms with Crippen LogP contribution in [0.15, 0.2) is 105 Å². The predicted octanol–water partition coefficient (Wildman–Crippen LogP) is 5.42. The normalized spacial score (nSPS) is 14.3. The first-order valence-electron chi connectivity index (χ1n) is 20.2. The van der Waals surface area contributed by atoms with Crippen molar-refractivity contribution in [3.8, 4) is 0 Å². The highest BCUT2D eigenvalue weighted by Crippen LogP contribution is 2.22. The fourth-order valence-electron chi connectivity index (χ4n) is 7.15. The van der Waals surface area contributed by atoms with Gasteiger partial charge in [0.05, 0.1) is 26.2 Å². The topological polar surface area (TPSA) is 214 Å². The number of nitrogens with one attached hydrogen (secondary N) is 8. The third kappa shape index (κ3) is 13.2. The van der Waals surface area contributed by atoms with Crippen LogP contribution in [0.5, 0.6) is 0 Å². The van der Waals surface area contributed by atoms with Crippen LogP contribution in [-0.4, -0.2) is 99.3 Å². The molecule has 4 aliphatic rings. The monoisotopic (exact) mass is 950 g/mol. The predicted molar refractivity (Wildman–Crippen MR) is 264 cm³/mol. The van der Waals surface area contributed by atoms with Crippen molar-refractivity contribution in [3.63, 3.8) is 0 Å². The number of carbonyl (C=O) groups is 4. The van der Waals surface area contributed by atoms with Crippen molar-refractivity contribution < 1.29 is 19.2 Å². The lowest BCUT2D eigenvalue weighted by molar-refractivity contribution is -0.118. The van der Waals surface area contributed by atoms with Gasteiger partial charge in [0.2, 0.25) is 11.8 Å². The molecule has 4 heterocycles. The van der Waals surface area contributed by atoms with Crippen LogP contribution in [-0.2, 0) is 9.59 Å². The Labute approximate surface area is 395 Å².